The van der Waals surface area contributed by atoms with E-state index < -0.39 is 135 Å². The molecule has 29 atom stereocenters. The van der Waals surface area contributed by atoms with Gasteiger partial charge in [0.1, 0.15) is 42.7 Å². The third-order valence-corrected chi connectivity index (χ3v) is 22.9. The molecule has 4 saturated heterocycles. The molecule has 4 heterocycles. The maximum absolute atomic E-state index is 11.4. The number of fused-ring (bicyclic) bond motifs is 5. The van der Waals surface area contributed by atoms with Gasteiger partial charge in [0.2, 0.25) is 0 Å². The minimum atomic E-state index is -1.19. The van der Waals surface area contributed by atoms with Crippen molar-refractivity contribution in [3.63, 3.8) is 0 Å². The van der Waals surface area contributed by atoms with Gasteiger partial charge in [0.05, 0.1) is 76.8 Å². The van der Waals surface area contributed by atoms with Crippen LogP contribution in [0.15, 0.2) is 0 Å². The van der Waals surface area contributed by atoms with Crippen molar-refractivity contribution in [1.29, 1.82) is 0 Å². The Morgan fingerprint density at radius 1 is 0.424 bits per heavy atom. The summed E-state index contributed by atoms with van der Waals surface area (Å²) in [5.41, 5.74) is 0.725. The van der Waals surface area contributed by atoms with Gasteiger partial charge in [0, 0.05) is 99.7 Å². The summed E-state index contributed by atoms with van der Waals surface area (Å²) in [4.78, 5) is 0. The van der Waals surface area contributed by atoms with Gasteiger partial charge in [-0.15, -0.1) is 0 Å². The molecular formula is C64H114O21. The van der Waals surface area contributed by atoms with Crippen molar-refractivity contribution in [3.05, 3.63) is 0 Å². The van der Waals surface area contributed by atoms with Crippen LogP contribution in [0.2, 0.25) is 0 Å². The average Bonchev–Trinajstić information content (AvgIpc) is 1.96. The van der Waals surface area contributed by atoms with Gasteiger partial charge in [-0.05, 0) is 110 Å². The standard InChI is InChI=1S/C64H114O21/c1-35(2)15-14-16-36(3)45-19-20-46-39-18-17-37-25-38(21-23-63(37,4)47(39)22-24-64(45,46)5)78-59-56(75-11)42(28-67)52(49(80-59)32-71-7)84-61-58(77-13)44(30-69)54(51(82-61)34-73-9)85-62-57(76-12)43(29-68)53(50(81-62)33-72-8)83-60-55(74-10)41(27-66)40(26-65)48(79-60)31-70-6/h35-62,65-69H,14-34H2,1-13H3/t36?,37?,38?,39?,40-,41-,42-,43-,44-,45?,46?,47?,48?,49?,50?,51?,52-,53-,54-,55?,56?,57?,58?,59?,60+,61+,62+,63-,64+/m0/s1. The molecule has 0 bridgehead atoms. The molecule has 21 heteroatoms. The van der Waals surface area contributed by atoms with E-state index >= 15 is 0 Å². The highest BCUT2D eigenvalue weighted by atomic mass is 16.8. The maximum atomic E-state index is 11.4. The lowest BCUT2D eigenvalue weighted by Gasteiger charge is -2.61. The molecule has 0 aromatic heterocycles. The smallest absolute Gasteiger partial charge is 0.185 e. The molecule has 8 aliphatic rings. The van der Waals surface area contributed by atoms with Crippen LogP contribution in [0.25, 0.3) is 0 Å². The van der Waals surface area contributed by atoms with Crippen LogP contribution in [0.1, 0.15) is 112 Å². The maximum Gasteiger partial charge on any atom is 0.185 e. The van der Waals surface area contributed by atoms with Gasteiger partial charge in [-0.3, -0.25) is 0 Å². The molecule has 8 rings (SSSR count). The van der Waals surface area contributed by atoms with Gasteiger partial charge in [-0.1, -0.05) is 53.9 Å². The molecule has 4 aliphatic carbocycles. The van der Waals surface area contributed by atoms with E-state index in [9.17, 15) is 25.5 Å². The van der Waals surface area contributed by atoms with Crippen LogP contribution >= 0.6 is 0 Å². The van der Waals surface area contributed by atoms with Crippen molar-refractivity contribution in [3.8, 4) is 0 Å². The van der Waals surface area contributed by atoms with Crippen molar-refractivity contribution >= 4 is 0 Å². The van der Waals surface area contributed by atoms with Crippen LogP contribution < -0.4 is 0 Å². The lowest BCUT2D eigenvalue weighted by molar-refractivity contribution is -0.386. The zero-order chi connectivity index (χ0) is 61.3. The number of aliphatic hydroxyl groups is 5. The second kappa shape index (κ2) is 32.1. The Bertz CT molecular complexity index is 1940. The Morgan fingerprint density at radius 2 is 0.835 bits per heavy atom. The fraction of sp³-hybridized carbons (Fsp3) is 1.00. The Kier molecular flexibility index (Phi) is 26.5. The van der Waals surface area contributed by atoms with Gasteiger partial charge in [-0.2, -0.15) is 0 Å². The summed E-state index contributed by atoms with van der Waals surface area (Å²) < 4.78 is 101. The van der Waals surface area contributed by atoms with Gasteiger partial charge < -0.3 is 101 Å². The topological polar surface area (TPSA) is 249 Å². The Hall–Kier alpha value is -0.840. The zero-order valence-electron chi connectivity index (χ0n) is 53.8. The molecule has 0 amide bonds. The van der Waals surface area contributed by atoms with Gasteiger partial charge in [-0.25, -0.2) is 0 Å². The fourth-order valence-corrected chi connectivity index (χ4v) is 18.6. The van der Waals surface area contributed by atoms with Gasteiger partial charge in [0.15, 0.2) is 25.2 Å². The van der Waals surface area contributed by atoms with Crippen molar-refractivity contribution in [1.82, 2.24) is 0 Å². The first-order chi connectivity index (χ1) is 41.0. The molecule has 85 heavy (non-hydrogen) atoms. The Labute approximate surface area is 507 Å². The predicted molar refractivity (Wildman–Crippen MR) is 311 cm³/mol. The number of ether oxygens (including phenoxy) is 16. The summed E-state index contributed by atoms with van der Waals surface area (Å²) in [6.07, 6.45) is 1.36. The molecule has 16 unspecified atom stereocenters. The largest absolute Gasteiger partial charge is 0.396 e. The first kappa shape index (κ1) is 70.0. The van der Waals surface area contributed by atoms with Crippen molar-refractivity contribution in [2.45, 2.75) is 210 Å². The molecule has 4 saturated carbocycles. The van der Waals surface area contributed by atoms with E-state index in [0.29, 0.717) is 11.3 Å². The number of hydrogen-bond donors (Lipinski definition) is 5. The number of hydrogen-bond acceptors (Lipinski definition) is 21. The van der Waals surface area contributed by atoms with E-state index in [1.807, 2.05) is 0 Å². The van der Waals surface area contributed by atoms with Gasteiger partial charge >= 0.3 is 0 Å². The second-order valence-electron chi connectivity index (χ2n) is 27.5. The Morgan fingerprint density at radius 3 is 1.27 bits per heavy atom. The van der Waals surface area contributed by atoms with Gasteiger partial charge in [0.25, 0.3) is 0 Å². The molecule has 21 nitrogen and oxygen atoms in total. The highest BCUT2D eigenvalue weighted by Crippen LogP contribution is 2.68. The monoisotopic (exact) mass is 1220 g/mol. The molecule has 0 aromatic carbocycles. The second-order valence-corrected chi connectivity index (χ2v) is 27.5. The summed E-state index contributed by atoms with van der Waals surface area (Å²) in [5.74, 6) is 1.94. The number of rotatable bonds is 30. The fourth-order valence-electron chi connectivity index (χ4n) is 18.6. The summed E-state index contributed by atoms with van der Waals surface area (Å²) in [6, 6.07) is 0. The molecule has 8 fully saturated rings. The van der Waals surface area contributed by atoms with E-state index in [4.69, 9.17) is 75.8 Å². The molecule has 0 radical (unpaired) electrons. The van der Waals surface area contributed by atoms with E-state index in [2.05, 4.69) is 34.6 Å². The van der Waals surface area contributed by atoms with E-state index in [-0.39, 0.29) is 57.8 Å². The molecule has 0 aromatic rings. The first-order valence-electron chi connectivity index (χ1n) is 32.4. The van der Waals surface area contributed by atoms with Crippen LogP contribution in [0.4, 0.5) is 0 Å². The third kappa shape index (κ3) is 14.7. The molecule has 0 spiro atoms. The van der Waals surface area contributed by atoms with Crippen LogP contribution in [0.3, 0.4) is 0 Å². The molecule has 5 N–H and O–H groups in total. The lowest BCUT2D eigenvalue weighted by Crippen LogP contribution is -2.66. The van der Waals surface area contributed by atoms with Crippen LogP contribution in [0.5, 0.6) is 0 Å². The molecule has 4 aliphatic heterocycles. The third-order valence-electron chi connectivity index (χ3n) is 22.9. The van der Waals surface area contributed by atoms with E-state index in [1.54, 1.807) is 14.2 Å². The summed E-state index contributed by atoms with van der Waals surface area (Å²) in [7, 11) is 12.2. The normalized spacial score (nSPS) is 46.2. The minimum Gasteiger partial charge on any atom is -0.396 e. The summed E-state index contributed by atoms with van der Waals surface area (Å²) in [5, 5.41) is 54.8. The molecular weight excluding hydrogens is 1100 g/mol. The van der Waals surface area contributed by atoms with Crippen LogP contribution in [-0.4, -0.2) is 240 Å². The number of aliphatic hydroxyl groups excluding tert-OH is 5. The average molecular weight is 1220 g/mol. The van der Waals surface area contributed by atoms with E-state index in [0.717, 1.165) is 54.8 Å². The summed E-state index contributed by atoms with van der Waals surface area (Å²) in [6.45, 7) is 10.9. The number of methoxy groups -OCH3 is 8. The SMILES string of the molecule is COCC1O[C@H](O[C@@H]2C(COC)O[C@H](O[C@@H]3C(COC)O[C@H](O[C@@H]4C(COC)OC(OC5CC[C@@]6(C)C(CCC7C8CCC(C(C)CCCC(C)C)[C@@]8(C)CCC76)C5)C(OC)[C@H]4CO)C(OC)[C@H]3CO)C(OC)[C@H]2CO)C(OC)[C@@H](CO)[C@@H]1CO. The minimum absolute atomic E-state index is 0.0106. The zero-order valence-corrected chi connectivity index (χ0v) is 53.8. The quantitative estimate of drug-likeness (QED) is 0.0577. The van der Waals surface area contributed by atoms with Crippen LogP contribution in [-0.2, 0) is 75.8 Å². The van der Waals surface area contributed by atoms with Crippen LogP contribution in [0, 0.1) is 81.8 Å². The Balaban J connectivity index is 0.942. The highest BCUT2D eigenvalue weighted by molar-refractivity contribution is 5.10. The van der Waals surface area contributed by atoms with Crippen molar-refractivity contribution in [2.75, 3.05) is 116 Å². The first-order valence-corrected chi connectivity index (χ1v) is 32.4. The predicted octanol–water partition coefficient (Wildman–Crippen LogP) is 5.24. The van der Waals surface area contributed by atoms with Crippen molar-refractivity contribution in [2.24, 2.45) is 81.8 Å². The molecule has 496 valence electrons. The lowest BCUT2D eigenvalue weighted by atomic mass is 9.44. The van der Waals surface area contributed by atoms with Crippen molar-refractivity contribution < 1.29 is 101 Å². The van der Waals surface area contributed by atoms with E-state index in [1.165, 1.54) is 100 Å². The highest BCUT2D eigenvalue weighted by Gasteiger charge is 2.62. The summed E-state index contributed by atoms with van der Waals surface area (Å²) >= 11 is 0.